The molecule has 0 bridgehead atoms. The Morgan fingerprint density at radius 3 is 2.39 bits per heavy atom. The molecule has 0 aliphatic carbocycles. The van der Waals surface area contributed by atoms with E-state index in [0.29, 0.717) is 5.69 Å². The third-order valence-electron chi connectivity index (χ3n) is 2.62. The Hall–Kier alpha value is -1.14. The summed E-state index contributed by atoms with van der Waals surface area (Å²) >= 11 is 4.70. The van der Waals surface area contributed by atoms with Crippen molar-refractivity contribution in [1.82, 2.24) is 0 Å². The van der Waals surface area contributed by atoms with Crippen LogP contribution in [0.4, 0.5) is 5.69 Å². The maximum Gasteiger partial charge on any atom is 0.241 e. The van der Waals surface area contributed by atoms with E-state index < -0.39 is 15.3 Å². The van der Waals surface area contributed by atoms with Gasteiger partial charge in [-0.3, -0.25) is 4.72 Å². The average molecular weight is 286 g/mol. The molecular weight excluding hydrogens is 268 g/mol. The highest BCUT2D eigenvalue weighted by molar-refractivity contribution is 7.95. The van der Waals surface area contributed by atoms with Crippen LogP contribution in [0.5, 0.6) is 0 Å². The molecule has 4 nitrogen and oxygen atoms in total. The number of nitrogens with two attached hydrogens (primary N) is 1. The number of anilines is 1. The minimum absolute atomic E-state index is 0.0369. The predicted molar refractivity (Wildman–Crippen MR) is 79.2 cm³/mol. The summed E-state index contributed by atoms with van der Waals surface area (Å²) in [6.45, 7) is 3.57. The van der Waals surface area contributed by atoms with Gasteiger partial charge in [-0.1, -0.05) is 37.7 Å². The van der Waals surface area contributed by atoms with Gasteiger partial charge in [-0.25, -0.2) is 8.42 Å². The first-order valence-corrected chi connectivity index (χ1v) is 7.72. The highest BCUT2D eigenvalue weighted by atomic mass is 32.2. The smallest absolute Gasteiger partial charge is 0.241 e. The predicted octanol–water partition coefficient (Wildman–Crippen LogP) is 2.06. The van der Waals surface area contributed by atoms with E-state index in [0.717, 1.165) is 12.8 Å². The van der Waals surface area contributed by atoms with Crippen LogP contribution < -0.4 is 10.5 Å². The summed E-state index contributed by atoms with van der Waals surface area (Å²) in [6.07, 6.45) is 2.04. The van der Waals surface area contributed by atoms with Crippen molar-refractivity contribution in [3.8, 4) is 0 Å². The van der Waals surface area contributed by atoms with Gasteiger partial charge in [0.2, 0.25) is 10.0 Å². The zero-order valence-electron chi connectivity index (χ0n) is 10.5. The molecule has 0 saturated carbocycles. The monoisotopic (exact) mass is 286 g/mol. The molecule has 3 N–H and O–H groups in total. The lowest BCUT2D eigenvalue weighted by Gasteiger charge is -2.13. The van der Waals surface area contributed by atoms with E-state index >= 15 is 0 Å². The van der Waals surface area contributed by atoms with Gasteiger partial charge in [0, 0.05) is 5.69 Å². The standard InChI is InChI=1S/C12H18N2O2S2/c1-3-4-10-5-7-11(8-6-10)14-18(15,16)9(2)12(13)17/h5-9,14H,3-4H2,1-2H3,(H2,13,17). The van der Waals surface area contributed by atoms with Gasteiger partial charge in [0.1, 0.15) is 5.25 Å². The lowest BCUT2D eigenvalue weighted by molar-refractivity contribution is 0.598. The zero-order chi connectivity index (χ0) is 13.8. The van der Waals surface area contributed by atoms with Crippen molar-refractivity contribution < 1.29 is 8.42 Å². The van der Waals surface area contributed by atoms with Crippen molar-refractivity contribution >= 4 is 32.9 Å². The van der Waals surface area contributed by atoms with Crippen LogP contribution in [0.25, 0.3) is 0 Å². The third kappa shape index (κ3) is 3.96. The molecule has 0 radical (unpaired) electrons. The van der Waals surface area contributed by atoms with Gasteiger partial charge < -0.3 is 5.73 Å². The van der Waals surface area contributed by atoms with E-state index in [1.807, 2.05) is 12.1 Å². The van der Waals surface area contributed by atoms with Gasteiger partial charge >= 0.3 is 0 Å². The molecule has 0 fully saturated rings. The van der Waals surface area contributed by atoms with Crippen LogP contribution in [0.15, 0.2) is 24.3 Å². The lowest BCUT2D eigenvalue weighted by atomic mass is 10.1. The van der Waals surface area contributed by atoms with Gasteiger partial charge in [0.05, 0.1) is 4.99 Å². The summed E-state index contributed by atoms with van der Waals surface area (Å²) in [4.78, 5) is -0.0369. The Kier molecular flexibility index (Phi) is 5.10. The van der Waals surface area contributed by atoms with Crippen LogP contribution in [-0.2, 0) is 16.4 Å². The molecule has 18 heavy (non-hydrogen) atoms. The SMILES string of the molecule is CCCc1ccc(NS(=O)(=O)C(C)C(N)=S)cc1. The third-order valence-corrected chi connectivity index (χ3v) is 4.83. The fraction of sp³-hybridized carbons (Fsp3) is 0.417. The summed E-state index contributed by atoms with van der Waals surface area (Å²) in [5.74, 6) is 0. The van der Waals surface area contributed by atoms with Crippen LogP contribution in [0.2, 0.25) is 0 Å². The van der Waals surface area contributed by atoms with Crippen molar-refractivity contribution in [1.29, 1.82) is 0 Å². The van der Waals surface area contributed by atoms with Gasteiger partial charge in [0.25, 0.3) is 0 Å². The largest absolute Gasteiger partial charge is 0.392 e. The highest BCUT2D eigenvalue weighted by Gasteiger charge is 2.22. The fourth-order valence-electron chi connectivity index (χ4n) is 1.43. The second kappa shape index (κ2) is 6.15. The lowest BCUT2D eigenvalue weighted by Crippen LogP contribution is -2.35. The first kappa shape index (κ1) is 14.9. The minimum atomic E-state index is -3.55. The van der Waals surface area contributed by atoms with E-state index in [1.165, 1.54) is 12.5 Å². The molecule has 1 rings (SSSR count). The molecule has 0 aliphatic rings. The molecule has 0 spiro atoms. The maximum absolute atomic E-state index is 11.9. The number of aryl methyl sites for hydroxylation is 1. The second-order valence-electron chi connectivity index (χ2n) is 4.14. The molecule has 0 aromatic heterocycles. The molecule has 0 heterocycles. The Labute approximate surface area is 114 Å². The number of thiocarbonyl (C=S) groups is 1. The Morgan fingerprint density at radius 2 is 1.94 bits per heavy atom. The van der Waals surface area contributed by atoms with Crippen molar-refractivity contribution in [2.75, 3.05) is 4.72 Å². The number of sulfonamides is 1. The summed E-state index contributed by atoms with van der Waals surface area (Å²) in [5, 5.41) is -0.886. The van der Waals surface area contributed by atoms with Gasteiger partial charge in [-0.15, -0.1) is 0 Å². The summed E-state index contributed by atoms with van der Waals surface area (Å²) in [7, 11) is -3.55. The van der Waals surface area contributed by atoms with E-state index in [9.17, 15) is 8.42 Å². The van der Waals surface area contributed by atoms with Crippen LogP contribution >= 0.6 is 12.2 Å². The quantitative estimate of drug-likeness (QED) is 0.785. The molecular formula is C12H18N2O2S2. The Morgan fingerprint density at radius 1 is 1.39 bits per heavy atom. The van der Waals surface area contributed by atoms with E-state index in [-0.39, 0.29) is 4.99 Å². The first-order valence-electron chi connectivity index (χ1n) is 5.76. The number of hydrogen-bond donors (Lipinski definition) is 2. The van der Waals surface area contributed by atoms with Gasteiger partial charge in [-0.2, -0.15) is 0 Å². The minimum Gasteiger partial charge on any atom is -0.392 e. The molecule has 1 unspecified atom stereocenters. The highest BCUT2D eigenvalue weighted by Crippen LogP contribution is 2.14. The summed E-state index contributed by atoms with van der Waals surface area (Å²) < 4.78 is 26.2. The average Bonchev–Trinajstić information content (AvgIpc) is 2.30. The van der Waals surface area contributed by atoms with Crippen molar-refractivity contribution in [2.24, 2.45) is 5.73 Å². The maximum atomic E-state index is 11.9. The number of nitrogens with one attached hydrogen (secondary N) is 1. The number of hydrogen-bond acceptors (Lipinski definition) is 3. The van der Waals surface area contributed by atoms with E-state index in [1.54, 1.807) is 12.1 Å². The van der Waals surface area contributed by atoms with Gasteiger partial charge in [0.15, 0.2) is 0 Å². The van der Waals surface area contributed by atoms with Crippen LogP contribution in [0.3, 0.4) is 0 Å². The number of benzene rings is 1. The molecule has 100 valence electrons. The van der Waals surface area contributed by atoms with E-state index in [2.05, 4.69) is 11.6 Å². The zero-order valence-corrected chi connectivity index (χ0v) is 12.1. The molecule has 1 aromatic carbocycles. The first-order chi connectivity index (χ1) is 8.36. The second-order valence-corrected chi connectivity index (χ2v) is 6.61. The Balaban J connectivity index is 2.81. The Bertz CT molecular complexity index is 509. The summed E-state index contributed by atoms with van der Waals surface area (Å²) in [5.41, 5.74) is 7.06. The van der Waals surface area contributed by atoms with Crippen molar-refractivity contribution in [3.63, 3.8) is 0 Å². The van der Waals surface area contributed by atoms with E-state index in [4.69, 9.17) is 18.0 Å². The summed E-state index contributed by atoms with van der Waals surface area (Å²) in [6, 6.07) is 7.31. The normalized spacial score (nSPS) is 13.0. The fourth-order valence-corrected chi connectivity index (χ4v) is 2.76. The van der Waals surface area contributed by atoms with Crippen LogP contribution in [-0.4, -0.2) is 18.7 Å². The van der Waals surface area contributed by atoms with Crippen molar-refractivity contribution in [3.05, 3.63) is 29.8 Å². The molecule has 0 saturated heterocycles. The molecule has 1 aromatic rings. The molecule has 1 atom stereocenters. The van der Waals surface area contributed by atoms with Gasteiger partial charge in [-0.05, 0) is 31.0 Å². The van der Waals surface area contributed by atoms with Crippen LogP contribution in [0.1, 0.15) is 25.8 Å². The molecule has 6 heteroatoms. The number of rotatable bonds is 6. The van der Waals surface area contributed by atoms with Crippen molar-refractivity contribution in [2.45, 2.75) is 31.9 Å². The molecule has 0 aliphatic heterocycles. The van der Waals surface area contributed by atoms with Crippen LogP contribution in [0, 0.1) is 0 Å². The molecule has 0 amide bonds. The topological polar surface area (TPSA) is 72.2 Å².